The molecule has 0 saturated carbocycles. The van der Waals surface area contributed by atoms with Gasteiger partial charge in [0.2, 0.25) is 0 Å². The van der Waals surface area contributed by atoms with Crippen molar-refractivity contribution in [3.05, 3.63) is 66.5 Å². The van der Waals surface area contributed by atoms with E-state index in [2.05, 4.69) is 20.1 Å². The zero-order chi connectivity index (χ0) is 18.7. The lowest BCUT2D eigenvalue weighted by Gasteiger charge is -2.10. The summed E-state index contributed by atoms with van der Waals surface area (Å²) in [6.07, 6.45) is 2.59. The van der Waals surface area contributed by atoms with Gasteiger partial charge in [-0.25, -0.2) is 22.5 Å². The van der Waals surface area contributed by atoms with E-state index in [1.807, 2.05) is 0 Å². The highest BCUT2D eigenvalue weighted by Gasteiger charge is 2.16. The van der Waals surface area contributed by atoms with Gasteiger partial charge in [-0.15, -0.1) is 0 Å². The molecule has 134 valence electrons. The number of hydrogen-bond acceptors (Lipinski definition) is 5. The summed E-state index contributed by atoms with van der Waals surface area (Å²) in [5.74, 6) is -0.988. The molecule has 0 bridgehead atoms. The lowest BCUT2D eigenvalue weighted by Crippen LogP contribution is -2.18. The summed E-state index contributed by atoms with van der Waals surface area (Å²) in [6.45, 7) is 0. The fourth-order valence-electron chi connectivity index (χ4n) is 2.23. The minimum Gasteiger partial charge on any atom is -0.355 e. The molecule has 0 atom stereocenters. The molecule has 0 aliphatic rings. The van der Waals surface area contributed by atoms with Crippen molar-refractivity contribution in [2.75, 3.05) is 11.8 Å². The summed E-state index contributed by atoms with van der Waals surface area (Å²) >= 11 is 0. The van der Waals surface area contributed by atoms with Gasteiger partial charge in [0, 0.05) is 18.7 Å². The van der Waals surface area contributed by atoms with Gasteiger partial charge in [-0.1, -0.05) is 0 Å². The largest absolute Gasteiger partial charge is 0.355 e. The third-order valence-electron chi connectivity index (χ3n) is 3.52. The van der Waals surface area contributed by atoms with Crippen LogP contribution in [0.5, 0.6) is 0 Å². The number of aromatic nitrogens is 3. The Hall–Kier alpha value is -3.27. The molecule has 3 rings (SSSR count). The van der Waals surface area contributed by atoms with Crippen LogP contribution in [-0.4, -0.2) is 36.1 Å². The first kappa shape index (κ1) is 17.5. The maximum atomic E-state index is 14.2. The molecule has 2 N–H and O–H groups in total. The number of benzene rings is 2. The molecule has 3 aromatic rings. The molecule has 10 heteroatoms. The first-order valence-corrected chi connectivity index (χ1v) is 8.88. The summed E-state index contributed by atoms with van der Waals surface area (Å²) < 4.78 is 42.6. The van der Waals surface area contributed by atoms with Crippen molar-refractivity contribution in [3.63, 3.8) is 0 Å². The van der Waals surface area contributed by atoms with Gasteiger partial charge in [0.15, 0.2) is 5.82 Å². The smallest absolute Gasteiger partial charge is 0.261 e. The molecule has 1 aromatic heterocycles. The first-order chi connectivity index (χ1) is 12.4. The molecule has 0 spiro atoms. The maximum Gasteiger partial charge on any atom is 0.261 e. The Morgan fingerprint density at radius 1 is 1.15 bits per heavy atom. The number of anilines is 1. The van der Waals surface area contributed by atoms with Crippen LogP contribution >= 0.6 is 0 Å². The second kappa shape index (κ2) is 6.92. The third-order valence-corrected chi connectivity index (χ3v) is 4.92. The Morgan fingerprint density at radius 3 is 2.46 bits per heavy atom. The molecule has 0 unspecified atom stereocenters. The van der Waals surface area contributed by atoms with Crippen molar-refractivity contribution >= 4 is 21.6 Å². The van der Waals surface area contributed by atoms with Crippen LogP contribution in [-0.2, 0) is 10.0 Å². The van der Waals surface area contributed by atoms with Gasteiger partial charge in [-0.2, -0.15) is 5.10 Å². The van der Waals surface area contributed by atoms with E-state index >= 15 is 0 Å². The van der Waals surface area contributed by atoms with E-state index in [-0.39, 0.29) is 22.2 Å². The van der Waals surface area contributed by atoms with E-state index in [1.165, 1.54) is 60.8 Å². The molecule has 0 saturated heterocycles. The van der Waals surface area contributed by atoms with Crippen LogP contribution in [0.3, 0.4) is 0 Å². The van der Waals surface area contributed by atoms with Crippen LogP contribution in [0, 0.1) is 5.82 Å². The normalized spacial score (nSPS) is 11.2. The summed E-state index contributed by atoms with van der Waals surface area (Å²) in [7, 11) is -2.45. The van der Waals surface area contributed by atoms with E-state index in [1.54, 1.807) is 0 Å². The SMILES string of the molecule is CNC(=O)c1ccc(S(=O)(=O)Nc2ccc(-n3cncn3)c(F)c2)cc1. The van der Waals surface area contributed by atoms with E-state index in [9.17, 15) is 17.6 Å². The number of hydrogen-bond donors (Lipinski definition) is 2. The van der Waals surface area contributed by atoms with Gasteiger partial charge < -0.3 is 5.32 Å². The van der Waals surface area contributed by atoms with E-state index in [4.69, 9.17) is 0 Å². The molecule has 0 fully saturated rings. The zero-order valence-electron chi connectivity index (χ0n) is 13.5. The standard InChI is InChI=1S/C16H14FN5O3S/c1-18-16(23)11-2-5-13(6-3-11)26(24,25)21-12-4-7-15(14(17)8-12)22-10-19-9-20-22/h2-10,21H,1H3,(H,18,23). The molecule has 2 aromatic carbocycles. The van der Waals surface area contributed by atoms with Crippen LogP contribution < -0.4 is 10.0 Å². The number of sulfonamides is 1. The minimum atomic E-state index is -3.93. The number of nitrogens with zero attached hydrogens (tertiary/aromatic N) is 3. The Kier molecular flexibility index (Phi) is 4.67. The summed E-state index contributed by atoms with van der Waals surface area (Å²) in [4.78, 5) is 15.2. The monoisotopic (exact) mass is 375 g/mol. The molecule has 0 radical (unpaired) electrons. The third kappa shape index (κ3) is 3.54. The zero-order valence-corrected chi connectivity index (χ0v) is 14.4. The van der Waals surface area contributed by atoms with Crippen LogP contribution in [0.25, 0.3) is 5.69 Å². The number of halogens is 1. The van der Waals surface area contributed by atoms with Crippen molar-refractivity contribution in [1.82, 2.24) is 20.1 Å². The summed E-state index contributed by atoms with van der Waals surface area (Å²) in [5.41, 5.74) is 0.525. The highest BCUT2D eigenvalue weighted by Crippen LogP contribution is 2.21. The number of rotatable bonds is 5. The van der Waals surface area contributed by atoms with Gasteiger partial charge in [-0.3, -0.25) is 9.52 Å². The summed E-state index contributed by atoms with van der Waals surface area (Å²) in [6, 6.07) is 9.23. The number of nitrogens with one attached hydrogen (secondary N) is 2. The lowest BCUT2D eigenvalue weighted by molar-refractivity contribution is 0.0963. The number of carbonyl (C=O) groups is 1. The molecule has 26 heavy (non-hydrogen) atoms. The van der Waals surface area contributed by atoms with Gasteiger partial charge in [0.1, 0.15) is 18.3 Å². The van der Waals surface area contributed by atoms with Crippen LogP contribution in [0.4, 0.5) is 10.1 Å². The van der Waals surface area contributed by atoms with E-state index in [0.29, 0.717) is 5.56 Å². The second-order valence-electron chi connectivity index (χ2n) is 5.22. The predicted octanol–water partition coefficient (Wildman–Crippen LogP) is 1.57. The van der Waals surface area contributed by atoms with Gasteiger partial charge in [0.05, 0.1) is 10.6 Å². The predicted molar refractivity (Wildman–Crippen MR) is 92.0 cm³/mol. The van der Waals surface area contributed by atoms with Crippen LogP contribution in [0.2, 0.25) is 0 Å². The Labute approximate surface area is 148 Å². The van der Waals surface area contributed by atoms with Crippen molar-refractivity contribution < 1.29 is 17.6 Å². The molecular weight excluding hydrogens is 361 g/mol. The first-order valence-electron chi connectivity index (χ1n) is 7.40. The fraction of sp³-hybridized carbons (Fsp3) is 0.0625. The lowest BCUT2D eigenvalue weighted by atomic mass is 10.2. The number of carbonyl (C=O) groups excluding carboxylic acids is 1. The number of amides is 1. The minimum absolute atomic E-state index is 0.0501. The molecule has 1 heterocycles. The highest BCUT2D eigenvalue weighted by atomic mass is 32.2. The maximum absolute atomic E-state index is 14.2. The van der Waals surface area contributed by atoms with Crippen molar-refractivity contribution in [2.45, 2.75) is 4.90 Å². The molecule has 1 amide bonds. The Bertz CT molecular complexity index is 1030. The van der Waals surface area contributed by atoms with E-state index in [0.717, 1.165) is 6.07 Å². The van der Waals surface area contributed by atoms with Gasteiger partial charge in [-0.05, 0) is 36.4 Å². The topological polar surface area (TPSA) is 106 Å². The molecule has 8 nitrogen and oxygen atoms in total. The quantitative estimate of drug-likeness (QED) is 0.704. The highest BCUT2D eigenvalue weighted by molar-refractivity contribution is 7.92. The summed E-state index contributed by atoms with van der Waals surface area (Å²) in [5, 5.41) is 6.27. The molecule has 0 aliphatic carbocycles. The second-order valence-corrected chi connectivity index (χ2v) is 6.90. The van der Waals surface area contributed by atoms with Gasteiger partial charge in [0.25, 0.3) is 15.9 Å². The van der Waals surface area contributed by atoms with E-state index < -0.39 is 15.8 Å². The van der Waals surface area contributed by atoms with Crippen LogP contribution in [0.1, 0.15) is 10.4 Å². The van der Waals surface area contributed by atoms with Gasteiger partial charge >= 0.3 is 0 Å². The van der Waals surface area contributed by atoms with Crippen LogP contribution in [0.15, 0.2) is 60.0 Å². The Balaban J connectivity index is 1.83. The Morgan fingerprint density at radius 2 is 1.88 bits per heavy atom. The fourth-order valence-corrected chi connectivity index (χ4v) is 3.28. The average molecular weight is 375 g/mol. The van der Waals surface area contributed by atoms with Crippen molar-refractivity contribution in [1.29, 1.82) is 0 Å². The average Bonchev–Trinajstić information content (AvgIpc) is 3.15. The molecule has 0 aliphatic heterocycles. The van der Waals surface area contributed by atoms with Crippen molar-refractivity contribution in [3.8, 4) is 5.69 Å². The van der Waals surface area contributed by atoms with Crippen molar-refractivity contribution in [2.24, 2.45) is 0 Å². The molecular formula is C16H14FN5O3S.